The van der Waals surface area contributed by atoms with Crippen LogP contribution in [0, 0.1) is 10.1 Å². The molecule has 0 saturated heterocycles. The molecule has 1 N–H and O–H groups in total. The second-order valence-corrected chi connectivity index (χ2v) is 4.82. The van der Waals surface area contributed by atoms with E-state index in [1.54, 1.807) is 29.1 Å². The van der Waals surface area contributed by atoms with Gasteiger partial charge in [-0.2, -0.15) is 5.10 Å². The number of non-ortho nitro benzene ring substituents is 1. The van der Waals surface area contributed by atoms with Crippen LogP contribution in [-0.4, -0.2) is 26.7 Å². The van der Waals surface area contributed by atoms with E-state index < -0.39 is 4.92 Å². The topological polar surface area (TPSA) is 90.1 Å². The summed E-state index contributed by atoms with van der Waals surface area (Å²) in [6.45, 7) is 2.45. The van der Waals surface area contributed by atoms with Crippen LogP contribution in [0.2, 0.25) is 0 Å². The minimum absolute atomic E-state index is 0.00499. The van der Waals surface area contributed by atoms with Crippen LogP contribution in [0.5, 0.6) is 0 Å². The van der Waals surface area contributed by atoms with E-state index in [1.807, 2.05) is 19.2 Å². The molecular formula is C15H16N4O3. The molecule has 1 atom stereocenters. The predicted octanol–water partition coefficient (Wildman–Crippen LogP) is 2.01. The van der Waals surface area contributed by atoms with Crippen molar-refractivity contribution in [2.75, 3.05) is 0 Å². The molecule has 0 radical (unpaired) electrons. The third-order valence-corrected chi connectivity index (χ3v) is 2.92. The first-order valence-electron chi connectivity index (χ1n) is 6.75. The van der Waals surface area contributed by atoms with E-state index in [0.29, 0.717) is 12.1 Å². The van der Waals surface area contributed by atoms with Crippen LogP contribution in [0.25, 0.3) is 6.08 Å². The van der Waals surface area contributed by atoms with Crippen LogP contribution < -0.4 is 5.32 Å². The number of carbonyl (C=O) groups excluding carboxylic acids is 1. The summed E-state index contributed by atoms with van der Waals surface area (Å²) in [5.41, 5.74) is 0.596. The molecule has 7 nitrogen and oxygen atoms in total. The van der Waals surface area contributed by atoms with Crippen molar-refractivity contribution < 1.29 is 9.72 Å². The first-order chi connectivity index (χ1) is 10.5. The highest BCUT2D eigenvalue weighted by Crippen LogP contribution is 2.13. The fourth-order valence-corrected chi connectivity index (χ4v) is 1.94. The standard InChI is InChI=1S/C15H16N4O3/c1-12(11-18-9-3-8-16-18)17-15(20)7-6-13-4-2-5-14(10-13)19(21)22/h2-10,12H,11H2,1H3,(H,17,20)/b7-6+/t12-/m0/s1. The Kier molecular flexibility index (Phi) is 5.02. The van der Waals surface area contributed by atoms with Crippen LogP contribution >= 0.6 is 0 Å². The van der Waals surface area contributed by atoms with Gasteiger partial charge in [-0.3, -0.25) is 19.6 Å². The van der Waals surface area contributed by atoms with Gasteiger partial charge in [-0.15, -0.1) is 0 Å². The molecule has 0 fully saturated rings. The van der Waals surface area contributed by atoms with E-state index in [1.165, 1.54) is 18.2 Å². The number of amides is 1. The van der Waals surface area contributed by atoms with Crippen molar-refractivity contribution in [1.82, 2.24) is 15.1 Å². The van der Waals surface area contributed by atoms with Gasteiger partial charge in [-0.25, -0.2) is 0 Å². The Morgan fingerprint density at radius 3 is 3.00 bits per heavy atom. The first-order valence-corrected chi connectivity index (χ1v) is 6.75. The summed E-state index contributed by atoms with van der Waals surface area (Å²) in [6, 6.07) is 7.83. The molecule has 2 rings (SSSR count). The maximum absolute atomic E-state index is 11.8. The summed E-state index contributed by atoms with van der Waals surface area (Å²) in [5.74, 6) is -0.258. The van der Waals surface area contributed by atoms with E-state index in [4.69, 9.17) is 0 Å². The summed E-state index contributed by atoms with van der Waals surface area (Å²) >= 11 is 0. The Hall–Kier alpha value is -2.96. The number of nitrogens with one attached hydrogen (secondary N) is 1. The Balaban J connectivity index is 1.90. The van der Waals surface area contributed by atoms with Crippen molar-refractivity contribution in [3.05, 3.63) is 64.5 Å². The fourth-order valence-electron chi connectivity index (χ4n) is 1.94. The molecule has 22 heavy (non-hydrogen) atoms. The highest BCUT2D eigenvalue weighted by molar-refractivity contribution is 5.91. The lowest BCUT2D eigenvalue weighted by molar-refractivity contribution is -0.384. The van der Waals surface area contributed by atoms with Crippen molar-refractivity contribution >= 4 is 17.7 Å². The molecule has 114 valence electrons. The molecule has 2 aromatic rings. The van der Waals surface area contributed by atoms with E-state index in [-0.39, 0.29) is 17.6 Å². The molecule has 0 unspecified atom stereocenters. The number of rotatable bonds is 6. The quantitative estimate of drug-likeness (QED) is 0.502. The van der Waals surface area contributed by atoms with Gasteiger partial charge in [0.2, 0.25) is 5.91 Å². The Labute approximate surface area is 127 Å². The maximum Gasteiger partial charge on any atom is 0.270 e. The molecule has 7 heteroatoms. The van der Waals surface area contributed by atoms with Crippen LogP contribution in [-0.2, 0) is 11.3 Å². The highest BCUT2D eigenvalue weighted by Gasteiger charge is 2.06. The Bertz CT molecular complexity index is 680. The van der Waals surface area contributed by atoms with E-state index in [2.05, 4.69) is 10.4 Å². The Morgan fingerprint density at radius 2 is 2.32 bits per heavy atom. The van der Waals surface area contributed by atoms with Gasteiger partial charge < -0.3 is 5.32 Å². The molecular weight excluding hydrogens is 284 g/mol. The average molecular weight is 300 g/mol. The molecule has 0 bridgehead atoms. The first kappa shape index (κ1) is 15.4. The lowest BCUT2D eigenvalue weighted by Crippen LogP contribution is -2.34. The third kappa shape index (κ3) is 4.55. The highest BCUT2D eigenvalue weighted by atomic mass is 16.6. The summed E-state index contributed by atoms with van der Waals surface area (Å²) in [6.07, 6.45) is 6.40. The molecule has 1 aromatic heterocycles. The van der Waals surface area contributed by atoms with Gasteiger partial charge in [-0.05, 0) is 24.6 Å². The predicted molar refractivity (Wildman–Crippen MR) is 82.0 cm³/mol. The second kappa shape index (κ2) is 7.16. The number of carbonyl (C=O) groups is 1. The molecule has 0 saturated carbocycles. The molecule has 1 amide bonds. The van der Waals surface area contributed by atoms with Gasteiger partial charge in [0.1, 0.15) is 0 Å². The number of aromatic nitrogens is 2. The lowest BCUT2D eigenvalue weighted by Gasteiger charge is -2.12. The molecule has 1 aromatic carbocycles. The fraction of sp³-hybridized carbons (Fsp3) is 0.200. The zero-order valence-corrected chi connectivity index (χ0v) is 12.0. The monoisotopic (exact) mass is 300 g/mol. The van der Waals surface area contributed by atoms with Gasteiger partial charge in [0.15, 0.2) is 0 Å². The van der Waals surface area contributed by atoms with Gasteiger partial charge in [0.25, 0.3) is 5.69 Å². The van der Waals surface area contributed by atoms with Crippen molar-refractivity contribution in [3.63, 3.8) is 0 Å². The summed E-state index contributed by atoms with van der Waals surface area (Å²) < 4.78 is 1.73. The van der Waals surface area contributed by atoms with Gasteiger partial charge in [0.05, 0.1) is 11.5 Å². The van der Waals surface area contributed by atoms with Gasteiger partial charge in [-0.1, -0.05) is 12.1 Å². The van der Waals surface area contributed by atoms with Crippen molar-refractivity contribution in [1.29, 1.82) is 0 Å². The van der Waals surface area contributed by atoms with Crippen LogP contribution in [0.1, 0.15) is 12.5 Å². The number of nitrogens with zero attached hydrogens (tertiary/aromatic N) is 3. The number of nitro groups is 1. The summed E-state index contributed by atoms with van der Waals surface area (Å²) in [7, 11) is 0. The van der Waals surface area contributed by atoms with Crippen molar-refractivity contribution in [2.45, 2.75) is 19.5 Å². The smallest absolute Gasteiger partial charge is 0.270 e. The normalized spacial score (nSPS) is 12.2. The van der Waals surface area contributed by atoms with Gasteiger partial charge in [0, 0.05) is 36.6 Å². The summed E-state index contributed by atoms with van der Waals surface area (Å²) in [4.78, 5) is 22.0. The Morgan fingerprint density at radius 1 is 1.50 bits per heavy atom. The zero-order valence-electron chi connectivity index (χ0n) is 12.0. The molecule has 0 aliphatic carbocycles. The SMILES string of the molecule is C[C@@H](Cn1cccn1)NC(=O)/C=C/c1cccc([N+](=O)[O-])c1. The van der Waals surface area contributed by atoms with E-state index in [0.717, 1.165) is 0 Å². The number of hydrogen-bond acceptors (Lipinski definition) is 4. The number of benzene rings is 1. The third-order valence-electron chi connectivity index (χ3n) is 2.92. The lowest BCUT2D eigenvalue weighted by atomic mass is 10.2. The van der Waals surface area contributed by atoms with E-state index >= 15 is 0 Å². The largest absolute Gasteiger partial charge is 0.348 e. The maximum atomic E-state index is 11.8. The minimum atomic E-state index is -0.469. The summed E-state index contributed by atoms with van der Waals surface area (Å²) in [5, 5.41) is 17.6. The zero-order chi connectivity index (χ0) is 15.9. The van der Waals surface area contributed by atoms with Crippen LogP contribution in [0.3, 0.4) is 0 Å². The molecule has 0 aliphatic heterocycles. The molecule has 1 heterocycles. The molecule has 0 aliphatic rings. The van der Waals surface area contributed by atoms with Crippen molar-refractivity contribution in [2.24, 2.45) is 0 Å². The van der Waals surface area contributed by atoms with E-state index in [9.17, 15) is 14.9 Å². The average Bonchev–Trinajstić information content (AvgIpc) is 2.98. The molecule has 0 spiro atoms. The van der Waals surface area contributed by atoms with Crippen LogP contribution in [0.15, 0.2) is 48.8 Å². The number of nitro benzene ring substituents is 1. The van der Waals surface area contributed by atoms with Crippen LogP contribution in [0.4, 0.5) is 5.69 Å². The number of hydrogen-bond donors (Lipinski definition) is 1. The van der Waals surface area contributed by atoms with Gasteiger partial charge >= 0.3 is 0 Å². The minimum Gasteiger partial charge on any atom is -0.348 e. The van der Waals surface area contributed by atoms with Crippen molar-refractivity contribution in [3.8, 4) is 0 Å². The second-order valence-electron chi connectivity index (χ2n) is 4.82.